The Morgan fingerprint density at radius 2 is 1.86 bits per heavy atom. The molecule has 0 radical (unpaired) electrons. The Bertz CT molecular complexity index is 910. The minimum absolute atomic E-state index is 0.374. The first-order chi connectivity index (χ1) is 13.6. The highest BCUT2D eigenvalue weighted by Gasteiger charge is 2.14. The molecule has 3 rings (SSSR count). The van der Waals surface area contributed by atoms with Crippen LogP contribution in [-0.2, 0) is 12.2 Å². The largest absolute Gasteiger partial charge is 0.478 e. The van der Waals surface area contributed by atoms with Crippen molar-refractivity contribution in [1.29, 1.82) is 0 Å². The summed E-state index contributed by atoms with van der Waals surface area (Å²) in [5.41, 5.74) is 13.6. The summed E-state index contributed by atoms with van der Waals surface area (Å²) < 4.78 is 5.65. The number of thioether (sulfide) groups is 1. The van der Waals surface area contributed by atoms with Crippen LogP contribution in [-0.4, -0.2) is 26.5 Å². The lowest BCUT2D eigenvalue weighted by atomic mass is 10.2. The molecule has 4 N–H and O–H groups in total. The minimum Gasteiger partial charge on any atom is -0.478 e. The maximum atomic E-state index is 5.76. The SMILES string of the molecule is CCCOc1cc(-c2nc(CSc3nc(N)cc(N)n3)c(CCC)s2)ccn1. The van der Waals surface area contributed by atoms with Crippen molar-refractivity contribution >= 4 is 34.7 Å². The van der Waals surface area contributed by atoms with Gasteiger partial charge in [0, 0.05) is 34.5 Å². The molecule has 0 aromatic carbocycles. The van der Waals surface area contributed by atoms with E-state index in [0.29, 0.717) is 35.0 Å². The number of hydrogen-bond donors (Lipinski definition) is 2. The predicted octanol–water partition coefficient (Wildman–Crippen LogP) is 4.19. The second kappa shape index (κ2) is 9.70. The lowest BCUT2D eigenvalue weighted by Gasteiger charge is -2.04. The maximum Gasteiger partial charge on any atom is 0.213 e. The van der Waals surface area contributed by atoms with E-state index < -0.39 is 0 Å². The van der Waals surface area contributed by atoms with Gasteiger partial charge in [-0.25, -0.2) is 19.9 Å². The van der Waals surface area contributed by atoms with Crippen molar-refractivity contribution in [1.82, 2.24) is 19.9 Å². The highest BCUT2D eigenvalue weighted by molar-refractivity contribution is 7.98. The summed E-state index contributed by atoms with van der Waals surface area (Å²) in [6, 6.07) is 5.46. The summed E-state index contributed by atoms with van der Waals surface area (Å²) in [7, 11) is 0. The van der Waals surface area contributed by atoms with E-state index in [1.165, 1.54) is 16.6 Å². The fourth-order valence-electron chi connectivity index (χ4n) is 2.53. The van der Waals surface area contributed by atoms with Crippen LogP contribution >= 0.6 is 23.1 Å². The van der Waals surface area contributed by atoms with Crippen LogP contribution in [0.15, 0.2) is 29.6 Å². The molecule has 0 spiro atoms. The fraction of sp³-hybridized carbons (Fsp3) is 0.368. The molecule has 0 bridgehead atoms. The highest BCUT2D eigenvalue weighted by Crippen LogP contribution is 2.33. The van der Waals surface area contributed by atoms with Crippen molar-refractivity contribution in [3.05, 3.63) is 35.0 Å². The Kier molecular flexibility index (Phi) is 7.05. The second-order valence-electron chi connectivity index (χ2n) is 6.16. The summed E-state index contributed by atoms with van der Waals surface area (Å²) in [4.78, 5) is 18.9. The van der Waals surface area contributed by atoms with Gasteiger partial charge in [0.2, 0.25) is 5.88 Å². The fourth-order valence-corrected chi connectivity index (χ4v) is 4.64. The van der Waals surface area contributed by atoms with E-state index >= 15 is 0 Å². The van der Waals surface area contributed by atoms with E-state index in [9.17, 15) is 0 Å². The third-order valence-electron chi connectivity index (χ3n) is 3.77. The molecule has 148 valence electrons. The van der Waals surface area contributed by atoms with Crippen LogP contribution in [0.2, 0.25) is 0 Å². The standard InChI is InChI=1S/C19H24N6OS2/c1-3-5-14-13(11-27-19-24-15(20)10-16(21)25-19)23-18(28-14)12-6-7-22-17(9-12)26-8-4-2/h6-7,9-10H,3-5,8,11H2,1-2H3,(H4,20,21,24,25). The second-order valence-corrected chi connectivity index (χ2v) is 8.19. The van der Waals surface area contributed by atoms with Crippen molar-refractivity contribution in [2.75, 3.05) is 18.1 Å². The first-order valence-electron chi connectivity index (χ1n) is 9.19. The van der Waals surface area contributed by atoms with Gasteiger partial charge in [0.1, 0.15) is 16.6 Å². The topological polar surface area (TPSA) is 113 Å². The third-order valence-corrected chi connectivity index (χ3v) is 5.84. The normalized spacial score (nSPS) is 10.9. The number of rotatable bonds is 9. The van der Waals surface area contributed by atoms with Gasteiger partial charge in [0.15, 0.2) is 5.16 Å². The molecule has 0 atom stereocenters. The molecular formula is C19H24N6OS2. The first-order valence-corrected chi connectivity index (χ1v) is 11.0. The average Bonchev–Trinajstić information content (AvgIpc) is 3.07. The summed E-state index contributed by atoms with van der Waals surface area (Å²) in [5.74, 6) is 2.04. The zero-order valence-electron chi connectivity index (χ0n) is 16.0. The molecule has 0 unspecified atom stereocenters. The summed E-state index contributed by atoms with van der Waals surface area (Å²) in [6.45, 7) is 4.89. The molecule has 0 saturated heterocycles. The van der Waals surface area contributed by atoms with Gasteiger partial charge in [0.05, 0.1) is 12.3 Å². The molecule has 0 saturated carbocycles. The first kappa shape index (κ1) is 20.3. The van der Waals surface area contributed by atoms with Gasteiger partial charge < -0.3 is 16.2 Å². The molecule has 28 heavy (non-hydrogen) atoms. The lowest BCUT2D eigenvalue weighted by Crippen LogP contribution is -1.99. The summed E-state index contributed by atoms with van der Waals surface area (Å²) in [6.07, 6.45) is 4.75. The number of aryl methyl sites for hydroxylation is 1. The van der Waals surface area contributed by atoms with Crippen LogP contribution in [0.1, 0.15) is 37.3 Å². The van der Waals surface area contributed by atoms with Crippen molar-refractivity contribution in [2.45, 2.75) is 44.0 Å². The molecule has 3 aromatic heterocycles. The molecule has 7 nitrogen and oxygen atoms in total. The van der Waals surface area contributed by atoms with E-state index in [1.807, 2.05) is 12.1 Å². The monoisotopic (exact) mass is 416 g/mol. The number of nitrogens with zero attached hydrogens (tertiary/aromatic N) is 4. The summed E-state index contributed by atoms with van der Waals surface area (Å²) >= 11 is 3.20. The van der Waals surface area contributed by atoms with Crippen LogP contribution in [0.3, 0.4) is 0 Å². The van der Waals surface area contributed by atoms with E-state index in [1.54, 1.807) is 23.6 Å². The van der Waals surface area contributed by atoms with Crippen LogP contribution in [0.5, 0.6) is 5.88 Å². The third kappa shape index (κ3) is 5.32. The van der Waals surface area contributed by atoms with Crippen LogP contribution < -0.4 is 16.2 Å². The molecule has 0 aliphatic carbocycles. The van der Waals surface area contributed by atoms with E-state index in [2.05, 4.69) is 28.8 Å². The zero-order chi connectivity index (χ0) is 19.9. The van der Waals surface area contributed by atoms with Crippen molar-refractivity contribution in [2.24, 2.45) is 0 Å². The molecular weight excluding hydrogens is 392 g/mol. The molecule has 0 amide bonds. The molecule has 0 aliphatic rings. The van der Waals surface area contributed by atoms with Crippen molar-refractivity contribution < 1.29 is 4.74 Å². The van der Waals surface area contributed by atoms with Gasteiger partial charge in [-0.2, -0.15) is 0 Å². The number of thiazole rings is 1. The van der Waals surface area contributed by atoms with Gasteiger partial charge in [-0.05, 0) is 18.9 Å². The quantitative estimate of drug-likeness (QED) is 0.394. The van der Waals surface area contributed by atoms with Crippen molar-refractivity contribution in [3.63, 3.8) is 0 Å². The lowest BCUT2D eigenvalue weighted by molar-refractivity contribution is 0.305. The van der Waals surface area contributed by atoms with E-state index in [0.717, 1.165) is 35.5 Å². The molecule has 9 heteroatoms. The Labute approximate surface area is 173 Å². The maximum absolute atomic E-state index is 5.76. The molecule has 3 heterocycles. The van der Waals surface area contributed by atoms with E-state index in [4.69, 9.17) is 21.2 Å². The van der Waals surface area contributed by atoms with Crippen molar-refractivity contribution in [3.8, 4) is 16.5 Å². The Morgan fingerprint density at radius 3 is 2.57 bits per heavy atom. The predicted molar refractivity (Wildman–Crippen MR) is 116 cm³/mol. The van der Waals surface area contributed by atoms with Gasteiger partial charge in [-0.1, -0.05) is 32.0 Å². The number of hydrogen-bond acceptors (Lipinski definition) is 9. The average molecular weight is 417 g/mol. The Balaban J connectivity index is 1.81. The zero-order valence-corrected chi connectivity index (χ0v) is 17.6. The molecule has 0 fully saturated rings. The van der Waals surface area contributed by atoms with Gasteiger partial charge in [-0.3, -0.25) is 0 Å². The van der Waals surface area contributed by atoms with Crippen LogP contribution in [0, 0.1) is 0 Å². The number of aromatic nitrogens is 4. The summed E-state index contributed by atoms with van der Waals surface area (Å²) in [5, 5.41) is 1.53. The highest BCUT2D eigenvalue weighted by atomic mass is 32.2. The number of nitrogen functional groups attached to an aromatic ring is 2. The molecule has 3 aromatic rings. The van der Waals surface area contributed by atoms with Gasteiger partial charge in [-0.15, -0.1) is 11.3 Å². The van der Waals surface area contributed by atoms with Gasteiger partial charge in [0.25, 0.3) is 0 Å². The van der Waals surface area contributed by atoms with Crippen LogP contribution in [0.4, 0.5) is 11.6 Å². The van der Waals surface area contributed by atoms with Gasteiger partial charge >= 0.3 is 0 Å². The molecule has 0 aliphatic heterocycles. The number of ether oxygens (including phenoxy) is 1. The van der Waals surface area contributed by atoms with Crippen LogP contribution in [0.25, 0.3) is 10.6 Å². The Morgan fingerprint density at radius 1 is 1.07 bits per heavy atom. The minimum atomic E-state index is 0.374. The number of nitrogens with two attached hydrogens (primary N) is 2. The number of pyridine rings is 1. The number of anilines is 2. The smallest absolute Gasteiger partial charge is 0.213 e. The Hall–Kier alpha value is -2.39. The van der Waals surface area contributed by atoms with E-state index in [-0.39, 0.29) is 0 Å².